The number of fused-ring (bicyclic) bond motifs is 2. The topological polar surface area (TPSA) is 58.9 Å². The molecule has 0 unspecified atom stereocenters. The van der Waals surface area contributed by atoms with E-state index in [-0.39, 0.29) is 23.8 Å². The van der Waals surface area contributed by atoms with Crippen LogP contribution in [-0.4, -0.2) is 34.5 Å². The van der Waals surface area contributed by atoms with Crippen LogP contribution in [0.3, 0.4) is 0 Å². The van der Waals surface area contributed by atoms with Gasteiger partial charge >= 0.3 is 5.97 Å². The van der Waals surface area contributed by atoms with E-state index in [2.05, 4.69) is 18.8 Å². The number of esters is 1. The average molecular weight is 281 g/mol. The molecule has 0 aromatic carbocycles. The highest BCUT2D eigenvalue weighted by molar-refractivity contribution is 5.95. The van der Waals surface area contributed by atoms with Gasteiger partial charge in [0.05, 0.1) is 0 Å². The van der Waals surface area contributed by atoms with E-state index < -0.39 is 11.2 Å². The first-order valence-electron chi connectivity index (χ1n) is 7.42. The van der Waals surface area contributed by atoms with E-state index in [9.17, 15) is 9.90 Å². The van der Waals surface area contributed by atoms with Crippen molar-refractivity contribution in [3.63, 3.8) is 0 Å². The Kier molecular flexibility index (Phi) is 3.52. The summed E-state index contributed by atoms with van der Waals surface area (Å²) in [7, 11) is 0. The Balaban J connectivity index is 2.04. The first-order chi connectivity index (χ1) is 8.94. The van der Waals surface area contributed by atoms with Gasteiger partial charge in [-0.15, -0.1) is 0 Å². The Bertz CT molecular complexity index is 443. The molecule has 2 bridgehead atoms. The van der Waals surface area contributed by atoms with Gasteiger partial charge in [0, 0.05) is 5.71 Å². The third-order valence-corrected chi connectivity index (χ3v) is 4.99. The normalized spacial score (nSPS) is 37.5. The molecule has 0 amide bonds. The quantitative estimate of drug-likeness (QED) is 0.791. The molecule has 3 saturated carbocycles. The number of hydrogen-bond donors (Lipinski definition) is 1. The highest BCUT2D eigenvalue weighted by Crippen LogP contribution is 2.61. The van der Waals surface area contributed by atoms with Crippen LogP contribution in [0, 0.1) is 17.3 Å². The Morgan fingerprint density at radius 1 is 1.40 bits per heavy atom. The summed E-state index contributed by atoms with van der Waals surface area (Å²) in [5.41, 5.74) is -0.436. The summed E-state index contributed by atoms with van der Waals surface area (Å²) in [5, 5.41) is 10.7. The fraction of sp³-hybridized carbons (Fsp3) is 0.875. The lowest BCUT2D eigenvalue weighted by atomic mass is 9.44. The minimum atomic E-state index is -0.889. The second-order valence-electron chi connectivity index (χ2n) is 8.01. The molecule has 4 nitrogen and oxygen atoms in total. The fourth-order valence-corrected chi connectivity index (χ4v) is 3.72. The predicted octanol–water partition coefficient (Wildman–Crippen LogP) is 2.59. The second-order valence-corrected chi connectivity index (χ2v) is 8.01. The van der Waals surface area contributed by atoms with Crippen LogP contribution in [0.25, 0.3) is 0 Å². The zero-order chi connectivity index (χ0) is 15.3. The van der Waals surface area contributed by atoms with Crippen molar-refractivity contribution >= 4 is 11.7 Å². The van der Waals surface area contributed by atoms with Gasteiger partial charge in [0.25, 0.3) is 0 Å². The Hall–Kier alpha value is -0.900. The molecule has 3 aliphatic rings. The van der Waals surface area contributed by atoms with Gasteiger partial charge in [-0.2, -0.15) is 0 Å². The summed E-state index contributed by atoms with van der Waals surface area (Å²) in [6.45, 7) is 11.8. The van der Waals surface area contributed by atoms with Gasteiger partial charge in [0.15, 0.2) is 0 Å². The Morgan fingerprint density at radius 2 is 2.00 bits per heavy atom. The van der Waals surface area contributed by atoms with Gasteiger partial charge in [-0.05, 0) is 57.8 Å². The van der Waals surface area contributed by atoms with Gasteiger partial charge in [0.2, 0.25) is 0 Å². The van der Waals surface area contributed by atoms with E-state index in [1.165, 1.54) is 0 Å². The molecular weight excluding hydrogens is 254 g/mol. The standard InChI is InChI=1S/C16H27NO3/c1-14(2,3)20-13(18)9-17-12-8-10-7-11(15(10,4)5)16(12,6)19/h10-11,19H,7-9H2,1-6H3/t10-,11-,16+/m1/s1. The van der Waals surface area contributed by atoms with E-state index in [4.69, 9.17) is 4.74 Å². The summed E-state index contributed by atoms with van der Waals surface area (Å²) in [5.74, 6) is 0.482. The average Bonchev–Trinajstić information content (AvgIpc) is 2.23. The van der Waals surface area contributed by atoms with Crippen LogP contribution in [0.15, 0.2) is 4.99 Å². The highest BCUT2D eigenvalue weighted by Gasteiger charge is 2.61. The molecule has 3 atom stereocenters. The molecule has 4 heteroatoms. The lowest BCUT2D eigenvalue weighted by Gasteiger charge is -2.62. The first-order valence-corrected chi connectivity index (χ1v) is 7.42. The lowest BCUT2D eigenvalue weighted by molar-refractivity contribution is -0.153. The first kappa shape index (κ1) is 15.5. The number of aliphatic imine (C=N–C) groups is 1. The molecule has 3 rings (SSSR count). The Morgan fingerprint density at radius 3 is 2.45 bits per heavy atom. The lowest BCUT2D eigenvalue weighted by Crippen LogP contribution is -2.64. The van der Waals surface area contributed by atoms with Crippen molar-refractivity contribution in [2.75, 3.05) is 6.54 Å². The molecule has 0 aromatic heterocycles. The maximum absolute atomic E-state index is 11.7. The van der Waals surface area contributed by atoms with Crippen LogP contribution in [0.1, 0.15) is 54.4 Å². The SMILES string of the molecule is CC(C)(C)OC(=O)CN=C1C[C@H]2C[C@H](C2(C)C)[C@]1(C)O. The number of nitrogens with zero attached hydrogens (tertiary/aromatic N) is 1. The molecule has 3 aliphatic carbocycles. The molecule has 0 radical (unpaired) electrons. The molecular formula is C16H27NO3. The minimum Gasteiger partial charge on any atom is -0.459 e. The molecule has 1 N–H and O–H groups in total. The summed E-state index contributed by atoms with van der Waals surface area (Å²) in [6, 6.07) is 0. The van der Waals surface area contributed by atoms with Crippen molar-refractivity contribution in [2.45, 2.75) is 65.6 Å². The van der Waals surface area contributed by atoms with Gasteiger partial charge in [-0.25, -0.2) is 0 Å². The molecule has 0 spiro atoms. The van der Waals surface area contributed by atoms with Crippen molar-refractivity contribution in [2.24, 2.45) is 22.2 Å². The number of carbonyl (C=O) groups excluding carboxylic acids is 1. The van der Waals surface area contributed by atoms with Crippen molar-refractivity contribution in [1.82, 2.24) is 0 Å². The number of carbonyl (C=O) groups is 1. The number of ether oxygens (including phenoxy) is 1. The molecule has 0 aromatic rings. The minimum absolute atomic E-state index is 0.00260. The predicted molar refractivity (Wildman–Crippen MR) is 78.8 cm³/mol. The molecule has 114 valence electrons. The third-order valence-electron chi connectivity index (χ3n) is 4.99. The van der Waals surface area contributed by atoms with Crippen molar-refractivity contribution in [3.05, 3.63) is 0 Å². The zero-order valence-corrected chi connectivity index (χ0v) is 13.5. The maximum atomic E-state index is 11.7. The molecule has 0 saturated heterocycles. The van der Waals surface area contributed by atoms with Gasteiger partial charge < -0.3 is 9.84 Å². The van der Waals surface area contributed by atoms with Crippen LogP contribution < -0.4 is 0 Å². The van der Waals surface area contributed by atoms with Gasteiger partial charge in [-0.1, -0.05) is 13.8 Å². The molecule has 0 aliphatic heterocycles. The van der Waals surface area contributed by atoms with E-state index in [1.807, 2.05) is 27.7 Å². The highest BCUT2D eigenvalue weighted by atomic mass is 16.6. The number of aliphatic hydroxyl groups is 1. The summed E-state index contributed by atoms with van der Waals surface area (Å²) in [4.78, 5) is 16.1. The summed E-state index contributed by atoms with van der Waals surface area (Å²) in [6.07, 6.45) is 1.85. The maximum Gasteiger partial charge on any atom is 0.328 e. The van der Waals surface area contributed by atoms with E-state index >= 15 is 0 Å². The molecule has 0 heterocycles. The van der Waals surface area contributed by atoms with Crippen LogP contribution in [0.4, 0.5) is 0 Å². The van der Waals surface area contributed by atoms with E-state index in [1.54, 1.807) is 0 Å². The van der Waals surface area contributed by atoms with Crippen LogP contribution >= 0.6 is 0 Å². The van der Waals surface area contributed by atoms with Crippen molar-refractivity contribution in [1.29, 1.82) is 0 Å². The molecule has 20 heavy (non-hydrogen) atoms. The largest absolute Gasteiger partial charge is 0.459 e. The number of rotatable bonds is 2. The van der Waals surface area contributed by atoms with Crippen LogP contribution in [0.5, 0.6) is 0 Å². The van der Waals surface area contributed by atoms with Crippen molar-refractivity contribution < 1.29 is 14.6 Å². The monoisotopic (exact) mass is 281 g/mol. The van der Waals surface area contributed by atoms with Crippen LogP contribution in [0.2, 0.25) is 0 Å². The summed E-state index contributed by atoms with van der Waals surface area (Å²) >= 11 is 0. The van der Waals surface area contributed by atoms with Crippen LogP contribution in [-0.2, 0) is 9.53 Å². The van der Waals surface area contributed by atoms with Crippen molar-refractivity contribution in [3.8, 4) is 0 Å². The third kappa shape index (κ3) is 2.62. The molecule has 3 fully saturated rings. The number of hydrogen-bond acceptors (Lipinski definition) is 4. The van der Waals surface area contributed by atoms with E-state index in [0.29, 0.717) is 5.92 Å². The fourth-order valence-electron chi connectivity index (χ4n) is 3.72. The smallest absolute Gasteiger partial charge is 0.328 e. The zero-order valence-electron chi connectivity index (χ0n) is 13.5. The Labute approximate surface area is 121 Å². The van der Waals surface area contributed by atoms with E-state index in [0.717, 1.165) is 18.6 Å². The van der Waals surface area contributed by atoms with Gasteiger partial charge in [0.1, 0.15) is 17.7 Å². The summed E-state index contributed by atoms with van der Waals surface area (Å²) < 4.78 is 5.25. The second kappa shape index (κ2) is 4.55. The van der Waals surface area contributed by atoms with Gasteiger partial charge in [-0.3, -0.25) is 9.79 Å².